The zero-order valence-corrected chi connectivity index (χ0v) is 12.1. The topological polar surface area (TPSA) is 29.3 Å². The smallest absolute Gasteiger partial charge is 0.0334 e. The quantitative estimate of drug-likeness (QED) is 0.908. The van der Waals surface area contributed by atoms with Crippen LogP contribution in [0, 0.1) is 5.92 Å². The average molecular weight is 264 g/mol. The van der Waals surface area contributed by atoms with E-state index in [1.807, 2.05) is 11.3 Å². The van der Waals surface area contributed by atoms with Gasteiger partial charge in [-0.05, 0) is 49.1 Å². The molecule has 2 aliphatic rings. The van der Waals surface area contributed by atoms with E-state index in [-0.39, 0.29) is 0 Å². The number of thiophene rings is 1. The van der Waals surface area contributed by atoms with E-state index in [0.717, 1.165) is 12.5 Å². The van der Waals surface area contributed by atoms with Crippen molar-refractivity contribution < 1.29 is 0 Å². The number of rotatable bonds is 3. The minimum Gasteiger partial charge on any atom is -0.329 e. The molecule has 0 radical (unpaired) electrons. The van der Waals surface area contributed by atoms with Crippen molar-refractivity contribution in [3.05, 3.63) is 21.9 Å². The van der Waals surface area contributed by atoms with Crippen LogP contribution < -0.4 is 5.73 Å². The maximum Gasteiger partial charge on any atom is 0.0334 e. The fourth-order valence-electron chi connectivity index (χ4n) is 3.92. The summed E-state index contributed by atoms with van der Waals surface area (Å²) in [7, 11) is 0. The van der Waals surface area contributed by atoms with Crippen LogP contribution in [0.25, 0.3) is 0 Å². The van der Waals surface area contributed by atoms with Gasteiger partial charge >= 0.3 is 0 Å². The van der Waals surface area contributed by atoms with Gasteiger partial charge in [0.2, 0.25) is 0 Å². The second kappa shape index (κ2) is 5.32. The molecule has 2 N–H and O–H groups in total. The average Bonchev–Trinajstić information content (AvgIpc) is 3.03. The molecule has 0 aromatic carbocycles. The van der Waals surface area contributed by atoms with E-state index >= 15 is 0 Å². The maximum absolute atomic E-state index is 6.10. The van der Waals surface area contributed by atoms with Gasteiger partial charge in [-0.1, -0.05) is 12.8 Å². The molecule has 0 bridgehead atoms. The Bertz CT molecular complexity index is 395. The Hall–Kier alpha value is -0.380. The van der Waals surface area contributed by atoms with Crippen molar-refractivity contribution >= 4 is 11.3 Å². The molecule has 0 saturated heterocycles. The summed E-state index contributed by atoms with van der Waals surface area (Å²) in [6, 6.07) is 3.49. The van der Waals surface area contributed by atoms with Crippen molar-refractivity contribution in [3.63, 3.8) is 0 Å². The normalized spacial score (nSPS) is 27.3. The lowest BCUT2D eigenvalue weighted by atomic mass is 9.91. The van der Waals surface area contributed by atoms with Crippen LogP contribution in [0.3, 0.4) is 0 Å². The van der Waals surface area contributed by atoms with Gasteiger partial charge in [0.1, 0.15) is 0 Å². The van der Waals surface area contributed by atoms with Crippen LogP contribution in [-0.4, -0.2) is 24.0 Å². The summed E-state index contributed by atoms with van der Waals surface area (Å²) in [4.78, 5) is 4.28. The van der Waals surface area contributed by atoms with Crippen LogP contribution in [0.2, 0.25) is 0 Å². The van der Waals surface area contributed by atoms with Crippen LogP contribution in [0.4, 0.5) is 0 Å². The summed E-state index contributed by atoms with van der Waals surface area (Å²) in [6.45, 7) is 4.39. The number of nitrogens with two attached hydrogens (primary N) is 1. The second-order valence-electron chi connectivity index (χ2n) is 5.81. The van der Waals surface area contributed by atoms with E-state index in [0.29, 0.717) is 12.1 Å². The molecule has 1 fully saturated rings. The number of fused-ring (bicyclic) bond motifs is 1. The van der Waals surface area contributed by atoms with Crippen molar-refractivity contribution in [1.29, 1.82) is 0 Å². The molecule has 1 aliphatic heterocycles. The van der Waals surface area contributed by atoms with Gasteiger partial charge in [0, 0.05) is 30.1 Å². The third-order valence-electron chi connectivity index (χ3n) is 4.94. The highest BCUT2D eigenvalue weighted by Gasteiger charge is 2.34. The van der Waals surface area contributed by atoms with Gasteiger partial charge in [0.05, 0.1) is 0 Å². The number of hydrogen-bond donors (Lipinski definition) is 1. The zero-order chi connectivity index (χ0) is 12.5. The molecule has 18 heavy (non-hydrogen) atoms. The molecule has 1 aliphatic carbocycles. The number of hydrogen-bond acceptors (Lipinski definition) is 3. The molecule has 1 saturated carbocycles. The predicted octanol–water partition coefficient (Wildman–Crippen LogP) is 3.18. The van der Waals surface area contributed by atoms with Crippen molar-refractivity contribution in [1.82, 2.24) is 4.90 Å². The summed E-state index contributed by atoms with van der Waals surface area (Å²) in [6.07, 6.45) is 6.82. The summed E-state index contributed by atoms with van der Waals surface area (Å²) in [5.41, 5.74) is 7.66. The summed E-state index contributed by atoms with van der Waals surface area (Å²) < 4.78 is 0. The zero-order valence-electron chi connectivity index (χ0n) is 11.3. The monoisotopic (exact) mass is 264 g/mol. The van der Waals surface area contributed by atoms with Gasteiger partial charge in [0.15, 0.2) is 0 Å². The van der Waals surface area contributed by atoms with Crippen LogP contribution in [0.5, 0.6) is 0 Å². The Balaban J connectivity index is 1.79. The SMILES string of the molecule is CC1c2ccsc2CCN1C(CN)C1CCCC1. The van der Waals surface area contributed by atoms with E-state index in [4.69, 9.17) is 5.73 Å². The molecule has 3 rings (SSSR count). The molecular weight excluding hydrogens is 240 g/mol. The van der Waals surface area contributed by atoms with Crippen molar-refractivity contribution in [2.24, 2.45) is 11.7 Å². The highest BCUT2D eigenvalue weighted by atomic mass is 32.1. The molecular formula is C15H24N2S. The Morgan fingerprint density at radius 2 is 2.22 bits per heavy atom. The lowest BCUT2D eigenvalue weighted by Crippen LogP contribution is -2.48. The first-order valence-electron chi connectivity index (χ1n) is 7.33. The molecule has 0 spiro atoms. The standard InChI is InChI=1S/C15H24N2S/c1-11-13-7-9-18-15(13)6-8-17(11)14(10-16)12-4-2-3-5-12/h7,9,11-12,14H,2-6,8,10,16H2,1H3. The summed E-state index contributed by atoms with van der Waals surface area (Å²) in [5, 5.41) is 2.25. The summed E-state index contributed by atoms with van der Waals surface area (Å²) in [5.74, 6) is 0.845. The van der Waals surface area contributed by atoms with Gasteiger partial charge in [-0.3, -0.25) is 4.90 Å². The van der Waals surface area contributed by atoms with E-state index < -0.39 is 0 Å². The van der Waals surface area contributed by atoms with Crippen molar-refractivity contribution in [2.45, 2.75) is 51.1 Å². The van der Waals surface area contributed by atoms with Crippen molar-refractivity contribution in [2.75, 3.05) is 13.1 Å². The molecule has 1 aromatic rings. The van der Waals surface area contributed by atoms with Gasteiger partial charge in [0.25, 0.3) is 0 Å². The van der Waals surface area contributed by atoms with Crippen LogP contribution >= 0.6 is 11.3 Å². The van der Waals surface area contributed by atoms with E-state index in [1.165, 1.54) is 38.6 Å². The Morgan fingerprint density at radius 1 is 1.44 bits per heavy atom. The fourth-order valence-corrected chi connectivity index (χ4v) is 4.89. The second-order valence-corrected chi connectivity index (χ2v) is 6.81. The minimum absolute atomic E-state index is 0.564. The molecule has 2 unspecified atom stereocenters. The highest BCUT2D eigenvalue weighted by molar-refractivity contribution is 7.10. The maximum atomic E-state index is 6.10. The van der Waals surface area contributed by atoms with Crippen LogP contribution in [-0.2, 0) is 6.42 Å². The van der Waals surface area contributed by atoms with E-state index in [2.05, 4.69) is 23.3 Å². The molecule has 2 nitrogen and oxygen atoms in total. The largest absolute Gasteiger partial charge is 0.329 e. The molecule has 0 amide bonds. The first-order chi connectivity index (χ1) is 8.81. The van der Waals surface area contributed by atoms with Crippen molar-refractivity contribution in [3.8, 4) is 0 Å². The third-order valence-corrected chi connectivity index (χ3v) is 5.93. The Labute approximate surface area is 114 Å². The fraction of sp³-hybridized carbons (Fsp3) is 0.733. The van der Waals surface area contributed by atoms with E-state index in [9.17, 15) is 0 Å². The van der Waals surface area contributed by atoms with Gasteiger partial charge < -0.3 is 5.73 Å². The Kier molecular flexibility index (Phi) is 3.73. The first-order valence-corrected chi connectivity index (χ1v) is 8.21. The van der Waals surface area contributed by atoms with Gasteiger partial charge in [-0.25, -0.2) is 0 Å². The summed E-state index contributed by atoms with van der Waals surface area (Å²) >= 11 is 1.92. The predicted molar refractivity (Wildman–Crippen MR) is 77.9 cm³/mol. The van der Waals surface area contributed by atoms with Gasteiger partial charge in [-0.2, -0.15) is 0 Å². The number of nitrogens with zero attached hydrogens (tertiary/aromatic N) is 1. The molecule has 3 heteroatoms. The molecule has 100 valence electrons. The van der Waals surface area contributed by atoms with E-state index in [1.54, 1.807) is 10.4 Å². The molecule has 1 aromatic heterocycles. The lowest BCUT2D eigenvalue weighted by molar-refractivity contribution is 0.0973. The van der Waals surface area contributed by atoms with Crippen LogP contribution in [0.15, 0.2) is 11.4 Å². The lowest BCUT2D eigenvalue weighted by Gasteiger charge is -2.42. The third kappa shape index (κ3) is 2.13. The minimum atomic E-state index is 0.564. The first kappa shape index (κ1) is 12.6. The van der Waals surface area contributed by atoms with Crippen LogP contribution in [0.1, 0.15) is 49.1 Å². The molecule has 2 atom stereocenters. The molecule has 2 heterocycles. The highest BCUT2D eigenvalue weighted by Crippen LogP contribution is 2.38. The Morgan fingerprint density at radius 3 is 2.94 bits per heavy atom. The van der Waals surface area contributed by atoms with Gasteiger partial charge in [-0.15, -0.1) is 11.3 Å².